The van der Waals surface area contributed by atoms with Crippen molar-refractivity contribution in [3.8, 4) is 16.9 Å². The van der Waals surface area contributed by atoms with Gasteiger partial charge in [0.05, 0.1) is 12.7 Å². The van der Waals surface area contributed by atoms with Crippen molar-refractivity contribution >= 4 is 5.78 Å². The Morgan fingerprint density at radius 3 is 2.23 bits per heavy atom. The van der Waals surface area contributed by atoms with Crippen LogP contribution in [0.4, 0.5) is 0 Å². The zero-order chi connectivity index (χ0) is 15.4. The first kappa shape index (κ1) is 14.1. The Labute approximate surface area is 130 Å². The van der Waals surface area contributed by atoms with Crippen molar-refractivity contribution in [1.82, 2.24) is 0 Å². The molecule has 0 amide bonds. The van der Waals surface area contributed by atoms with Gasteiger partial charge < -0.3 is 4.74 Å². The third-order valence-electron chi connectivity index (χ3n) is 3.58. The van der Waals surface area contributed by atoms with E-state index in [2.05, 4.69) is 0 Å². The molecule has 22 heavy (non-hydrogen) atoms. The summed E-state index contributed by atoms with van der Waals surface area (Å²) in [6.45, 7) is 0. The summed E-state index contributed by atoms with van der Waals surface area (Å²) < 4.78 is 5.28. The summed E-state index contributed by atoms with van der Waals surface area (Å²) in [5.41, 5.74) is 3.36. The Morgan fingerprint density at radius 2 is 1.45 bits per heavy atom. The van der Waals surface area contributed by atoms with Gasteiger partial charge in [-0.05, 0) is 29.3 Å². The van der Waals surface area contributed by atoms with Crippen LogP contribution in [-0.2, 0) is 0 Å². The van der Waals surface area contributed by atoms with Gasteiger partial charge in [-0.25, -0.2) is 0 Å². The highest BCUT2D eigenvalue weighted by molar-refractivity contribution is 6.11. The van der Waals surface area contributed by atoms with Gasteiger partial charge in [-0.3, -0.25) is 4.79 Å². The van der Waals surface area contributed by atoms with E-state index in [-0.39, 0.29) is 5.78 Å². The van der Waals surface area contributed by atoms with Crippen LogP contribution in [0.15, 0.2) is 78.9 Å². The number of carbonyl (C=O) groups is 1. The van der Waals surface area contributed by atoms with Crippen LogP contribution in [0.2, 0.25) is 0 Å². The highest BCUT2D eigenvalue weighted by Crippen LogP contribution is 2.24. The lowest BCUT2D eigenvalue weighted by Crippen LogP contribution is -2.03. The number of ether oxygens (including phenoxy) is 1. The van der Waals surface area contributed by atoms with Crippen LogP contribution < -0.4 is 4.74 Å². The molecule has 108 valence electrons. The minimum atomic E-state index is -0.0322. The van der Waals surface area contributed by atoms with Crippen LogP contribution in [0, 0.1) is 0 Å². The molecule has 3 rings (SSSR count). The van der Waals surface area contributed by atoms with E-state index in [4.69, 9.17) is 4.74 Å². The molecule has 0 unspecified atom stereocenters. The SMILES string of the molecule is COc1ccccc1C(=O)c1cccc(-c2ccccc2)c1. The van der Waals surface area contributed by atoms with Crippen LogP contribution in [0.1, 0.15) is 15.9 Å². The summed E-state index contributed by atoms with van der Waals surface area (Å²) in [6, 6.07) is 25.0. The maximum atomic E-state index is 12.7. The first-order valence-electron chi connectivity index (χ1n) is 7.13. The van der Waals surface area contributed by atoms with E-state index in [0.717, 1.165) is 11.1 Å². The standard InChI is InChI=1S/C20H16O2/c1-22-19-13-6-5-12-18(19)20(21)17-11-7-10-16(14-17)15-8-3-2-4-9-15/h2-14H,1H3. The number of methoxy groups -OCH3 is 1. The summed E-state index contributed by atoms with van der Waals surface area (Å²) in [6.07, 6.45) is 0. The molecule has 2 nitrogen and oxygen atoms in total. The topological polar surface area (TPSA) is 26.3 Å². The average molecular weight is 288 g/mol. The maximum Gasteiger partial charge on any atom is 0.196 e. The highest BCUT2D eigenvalue weighted by Gasteiger charge is 2.14. The summed E-state index contributed by atoms with van der Waals surface area (Å²) in [5.74, 6) is 0.563. The molecule has 0 aliphatic rings. The summed E-state index contributed by atoms with van der Waals surface area (Å²) in [4.78, 5) is 12.7. The first-order chi connectivity index (χ1) is 10.8. The molecule has 3 aromatic carbocycles. The zero-order valence-electron chi connectivity index (χ0n) is 12.3. The molecule has 0 atom stereocenters. The van der Waals surface area contributed by atoms with Crippen molar-refractivity contribution in [1.29, 1.82) is 0 Å². The van der Waals surface area contributed by atoms with Gasteiger partial charge >= 0.3 is 0 Å². The van der Waals surface area contributed by atoms with Crippen molar-refractivity contribution in [3.63, 3.8) is 0 Å². The van der Waals surface area contributed by atoms with Gasteiger partial charge in [0.2, 0.25) is 0 Å². The zero-order valence-corrected chi connectivity index (χ0v) is 12.3. The van der Waals surface area contributed by atoms with E-state index in [1.165, 1.54) is 0 Å². The van der Waals surface area contributed by atoms with E-state index in [1.54, 1.807) is 19.2 Å². The van der Waals surface area contributed by atoms with Gasteiger partial charge in [0.25, 0.3) is 0 Å². The Bertz CT molecular complexity index is 792. The molecule has 2 heteroatoms. The van der Waals surface area contributed by atoms with E-state index in [1.807, 2.05) is 66.7 Å². The van der Waals surface area contributed by atoms with Gasteiger partial charge in [0.1, 0.15) is 5.75 Å². The molecule has 3 aromatic rings. The minimum Gasteiger partial charge on any atom is -0.496 e. The summed E-state index contributed by atoms with van der Waals surface area (Å²) in [5, 5.41) is 0. The Kier molecular flexibility index (Phi) is 4.01. The fourth-order valence-corrected chi connectivity index (χ4v) is 2.46. The van der Waals surface area contributed by atoms with Gasteiger partial charge in [0.15, 0.2) is 5.78 Å². The Morgan fingerprint density at radius 1 is 0.773 bits per heavy atom. The molecular weight excluding hydrogens is 272 g/mol. The average Bonchev–Trinajstić information content (AvgIpc) is 2.62. The van der Waals surface area contributed by atoms with E-state index >= 15 is 0 Å². The smallest absolute Gasteiger partial charge is 0.196 e. The summed E-state index contributed by atoms with van der Waals surface area (Å²) >= 11 is 0. The van der Waals surface area contributed by atoms with Crippen LogP contribution >= 0.6 is 0 Å². The highest BCUT2D eigenvalue weighted by atomic mass is 16.5. The molecule has 0 saturated carbocycles. The largest absolute Gasteiger partial charge is 0.496 e. The number of rotatable bonds is 4. The second-order valence-electron chi connectivity index (χ2n) is 4.98. The van der Waals surface area contributed by atoms with Crippen molar-refractivity contribution in [2.75, 3.05) is 7.11 Å². The van der Waals surface area contributed by atoms with Crippen LogP contribution in [0.3, 0.4) is 0 Å². The van der Waals surface area contributed by atoms with Crippen LogP contribution in [0.25, 0.3) is 11.1 Å². The number of benzene rings is 3. The van der Waals surface area contributed by atoms with Crippen molar-refractivity contribution in [2.24, 2.45) is 0 Å². The normalized spacial score (nSPS) is 10.2. The predicted molar refractivity (Wildman–Crippen MR) is 88.3 cm³/mol. The van der Waals surface area contributed by atoms with Crippen molar-refractivity contribution in [3.05, 3.63) is 90.0 Å². The lowest BCUT2D eigenvalue weighted by molar-refractivity contribution is 0.103. The van der Waals surface area contributed by atoms with Crippen molar-refractivity contribution < 1.29 is 9.53 Å². The molecule has 0 N–H and O–H groups in total. The molecule has 0 aliphatic heterocycles. The predicted octanol–water partition coefficient (Wildman–Crippen LogP) is 4.59. The Hall–Kier alpha value is -2.87. The second-order valence-corrected chi connectivity index (χ2v) is 4.98. The molecule has 0 heterocycles. The van der Waals surface area contributed by atoms with Gasteiger partial charge in [0, 0.05) is 5.56 Å². The number of hydrogen-bond acceptors (Lipinski definition) is 2. The first-order valence-corrected chi connectivity index (χ1v) is 7.13. The van der Waals surface area contributed by atoms with E-state index in [9.17, 15) is 4.79 Å². The molecular formula is C20H16O2. The van der Waals surface area contributed by atoms with E-state index in [0.29, 0.717) is 16.9 Å². The number of carbonyl (C=O) groups excluding carboxylic acids is 1. The third-order valence-corrected chi connectivity index (χ3v) is 3.58. The molecule has 0 saturated heterocycles. The number of para-hydroxylation sites is 1. The monoisotopic (exact) mass is 288 g/mol. The van der Waals surface area contributed by atoms with E-state index < -0.39 is 0 Å². The summed E-state index contributed by atoms with van der Waals surface area (Å²) in [7, 11) is 1.58. The second kappa shape index (κ2) is 6.27. The lowest BCUT2D eigenvalue weighted by Gasteiger charge is -2.08. The van der Waals surface area contributed by atoms with Crippen LogP contribution in [-0.4, -0.2) is 12.9 Å². The van der Waals surface area contributed by atoms with Gasteiger partial charge in [-0.15, -0.1) is 0 Å². The lowest BCUT2D eigenvalue weighted by atomic mass is 9.98. The molecule has 0 bridgehead atoms. The van der Waals surface area contributed by atoms with Crippen molar-refractivity contribution in [2.45, 2.75) is 0 Å². The molecule has 0 spiro atoms. The Balaban J connectivity index is 2.01. The minimum absolute atomic E-state index is 0.0322. The number of hydrogen-bond donors (Lipinski definition) is 0. The van der Waals surface area contributed by atoms with Gasteiger partial charge in [-0.2, -0.15) is 0 Å². The quantitative estimate of drug-likeness (QED) is 0.656. The molecule has 0 aliphatic carbocycles. The molecule has 0 radical (unpaired) electrons. The molecule has 0 fully saturated rings. The maximum absolute atomic E-state index is 12.7. The van der Waals surface area contributed by atoms with Gasteiger partial charge in [-0.1, -0.05) is 60.7 Å². The molecule has 0 aromatic heterocycles. The third kappa shape index (κ3) is 2.77. The number of ketones is 1. The fourth-order valence-electron chi connectivity index (χ4n) is 2.46. The van der Waals surface area contributed by atoms with Crippen LogP contribution in [0.5, 0.6) is 5.75 Å². The fraction of sp³-hybridized carbons (Fsp3) is 0.0500.